The summed E-state index contributed by atoms with van der Waals surface area (Å²) in [5.74, 6) is 0.0282. The van der Waals surface area contributed by atoms with Crippen molar-refractivity contribution < 1.29 is 4.79 Å². The third-order valence-corrected chi connectivity index (χ3v) is 4.55. The minimum Gasteiger partial charge on any atom is -0.398 e. The number of rotatable bonds is 3. The van der Waals surface area contributed by atoms with E-state index in [1.165, 1.54) is 0 Å². The first-order chi connectivity index (χ1) is 9.90. The lowest BCUT2D eigenvalue weighted by Gasteiger charge is -2.40. The zero-order chi connectivity index (χ0) is 15.6. The molecule has 1 saturated heterocycles. The standard InChI is InChI=1S/C16H26N4O/c1-11-10-20(9-8-19(11)4)13(3)16(21)18-15-7-5-6-14(17)12(15)2/h5-7,11,13H,8-10,17H2,1-4H3,(H,18,21). The lowest BCUT2D eigenvalue weighted by Crippen LogP contribution is -2.55. The average molecular weight is 290 g/mol. The van der Waals surface area contributed by atoms with Gasteiger partial charge < -0.3 is 16.0 Å². The first-order valence-electron chi connectivity index (χ1n) is 7.50. The summed E-state index contributed by atoms with van der Waals surface area (Å²) in [5.41, 5.74) is 8.31. The van der Waals surface area contributed by atoms with Crippen molar-refractivity contribution in [3.8, 4) is 0 Å². The molecule has 1 aliphatic rings. The van der Waals surface area contributed by atoms with E-state index in [2.05, 4.69) is 29.1 Å². The highest BCUT2D eigenvalue weighted by Crippen LogP contribution is 2.21. The van der Waals surface area contributed by atoms with Crippen LogP contribution in [0.1, 0.15) is 19.4 Å². The van der Waals surface area contributed by atoms with Crippen LogP contribution in [-0.4, -0.2) is 54.5 Å². The fourth-order valence-electron chi connectivity index (χ4n) is 2.62. The molecule has 21 heavy (non-hydrogen) atoms. The number of anilines is 2. The summed E-state index contributed by atoms with van der Waals surface area (Å²) in [6.07, 6.45) is 0. The van der Waals surface area contributed by atoms with Gasteiger partial charge in [0.15, 0.2) is 0 Å². The normalized spacial score (nSPS) is 22.0. The number of nitrogens with zero attached hydrogens (tertiary/aromatic N) is 2. The number of piperazine rings is 1. The Hall–Kier alpha value is -1.59. The Kier molecular flexibility index (Phi) is 4.85. The zero-order valence-corrected chi connectivity index (χ0v) is 13.4. The van der Waals surface area contributed by atoms with E-state index in [1.807, 2.05) is 32.0 Å². The van der Waals surface area contributed by atoms with Crippen molar-refractivity contribution in [3.05, 3.63) is 23.8 Å². The molecule has 2 unspecified atom stereocenters. The van der Waals surface area contributed by atoms with Crippen molar-refractivity contribution in [1.82, 2.24) is 9.80 Å². The van der Waals surface area contributed by atoms with Gasteiger partial charge in [-0.2, -0.15) is 0 Å². The number of nitrogens with two attached hydrogens (primary N) is 1. The third kappa shape index (κ3) is 3.54. The Bertz CT molecular complexity index is 517. The quantitative estimate of drug-likeness (QED) is 0.829. The van der Waals surface area contributed by atoms with Crippen molar-refractivity contribution in [1.29, 1.82) is 0 Å². The summed E-state index contributed by atoms with van der Waals surface area (Å²) >= 11 is 0. The molecule has 0 spiro atoms. The summed E-state index contributed by atoms with van der Waals surface area (Å²) in [4.78, 5) is 17.0. The van der Waals surface area contributed by atoms with Gasteiger partial charge in [0.1, 0.15) is 0 Å². The molecule has 1 aromatic carbocycles. The molecule has 0 aliphatic carbocycles. The smallest absolute Gasteiger partial charge is 0.241 e. The molecule has 0 radical (unpaired) electrons. The van der Waals surface area contributed by atoms with Gasteiger partial charge in [-0.3, -0.25) is 9.69 Å². The van der Waals surface area contributed by atoms with Crippen molar-refractivity contribution in [2.45, 2.75) is 32.9 Å². The van der Waals surface area contributed by atoms with E-state index < -0.39 is 0 Å². The number of nitrogens with one attached hydrogen (secondary N) is 1. The van der Waals surface area contributed by atoms with Gasteiger partial charge in [0.2, 0.25) is 5.91 Å². The molecule has 1 amide bonds. The maximum absolute atomic E-state index is 12.5. The van der Waals surface area contributed by atoms with Crippen LogP contribution in [0, 0.1) is 6.92 Å². The molecular formula is C16H26N4O. The second-order valence-electron chi connectivity index (χ2n) is 6.01. The number of carbonyl (C=O) groups excluding carboxylic acids is 1. The molecule has 116 valence electrons. The summed E-state index contributed by atoms with van der Waals surface area (Å²) < 4.78 is 0. The predicted octanol–water partition coefficient (Wildman–Crippen LogP) is 1.54. The van der Waals surface area contributed by atoms with Crippen molar-refractivity contribution >= 4 is 17.3 Å². The molecule has 2 atom stereocenters. The van der Waals surface area contributed by atoms with Crippen LogP contribution in [-0.2, 0) is 4.79 Å². The highest BCUT2D eigenvalue weighted by atomic mass is 16.2. The number of nitrogen functional groups attached to an aromatic ring is 1. The minimum atomic E-state index is -0.137. The van der Waals surface area contributed by atoms with Gasteiger partial charge in [0.05, 0.1) is 6.04 Å². The van der Waals surface area contributed by atoms with Crippen LogP contribution in [0.2, 0.25) is 0 Å². The Morgan fingerprint density at radius 2 is 2.14 bits per heavy atom. The lowest BCUT2D eigenvalue weighted by atomic mass is 10.1. The maximum Gasteiger partial charge on any atom is 0.241 e. The summed E-state index contributed by atoms with van der Waals surface area (Å²) in [5, 5.41) is 3.00. The monoisotopic (exact) mass is 290 g/mol. The first kappa shape index (κ1) is 15.8. The van der Waals surface area contributed by atoms with E-state index in [1.54, 1.807) is 0 Å². The Labute approximate surface area is 127 Å². The van der Waals surface area contributed by atoms with Crippen LogP contribution in [0.5, 0.6) is 0 Å². The van der Waals surface area contributed by atoms with Crippen LogP contribution in [0.25, 0.3) is 0 Å². The Balaban J connectivity index is 2.01. The molecular weight excluding hydrogens is 264 g/mol. The zero-order valence-electron chi connectivity index (χ0n) is 13.4. The largest absolute Gasteiger partial charge is 0.398 e. The molecule has 3 N–H and O–H groups in total. The summed E-state index contributed by atoms with van der Waals surface area (Å²) in [6, 6.07) is 5.94. The molecule has 0 bridgehead atoms. The number of hydrogen-bond donors (Lipinski definition) is 2. The maximum atomic E-state index is 12.5. The minimum absolute atomic E-state index is 0.0282. The highest BCUT2D eigenvalue weighted by Gasteiger charge is 2.28. The molecule has 5 nitrogen and oxygen atoms in total. The van der Waals surface area contributed by atoms with Gasteiger partial charge in [-0.25, -0.2) is 0 Å². The number of benzene rings is 1. The van der Waals surface area contributed by atoms with Gasteiger partial charge in [-0.05, 0) is 45.5 Å². The average Bonchev–Trinajstić information content (AvgIpc) is 2.46. The molecule has 0 saturated carbocycles. The van der Waals surface area contributed by atoms with Crippen LogP contribution >= 0.6 is 0 Å². The number of hydrogen-bond acceptors (Lipinski definition) is 4. The fraction of sp³-hybridized carbons (Fsp3) is 0.562. The van der Waals surface area contributed by atoms with Gasteiger partial charge in [0, 0.05) is 37.1 Å². The third-order valence-electron chi connectivity index (χ3n) is 4.55. The molecule has 0 aromatic heterocycles. The molecule has 1 aliphatic heterocycles. The highest BCUT2D eigenvalue weighted by molar-refractivity contribution is 5.95. The molecule has 5 heteroatoms. The van der Waals surface area contributed by atoms with E-state index in [9.17, 15) is 4.79 Å². The van der Waals surface area contributed by atoms with Crippen molar-refractivity contribution in [2.75, 3.05) is 37.7 Å². The number of likely N-dealkylation sites (N-methyl/N-ethyl adjacent to an activating group) is 1. The second-order valence-corrected chi connectivity index (χ2v) is 6.01. The van der Waals surface area contributed by atoms with Crippen LogP contribution in [0.3, 0.4) is 0 Å². The predicted molar refractivity (Wildman–Crippen MR) is 87.3 cm³/mol. The van der Waals surface area contributed by atoms with E-state index in [4.69, 9.17) is 5.73 Å². The van der Waals surface area contributed by atoms with Gasteiger partial charge in [0.25, 0.3) is 0 Å². The van der Waals surface area contributed by atoms with Gasteiger partial charge in [-0.1, -0.05) is 6.07 Å². The lowest BCUT2D eigenvalue weighted by molar-refractivity contribution is -0.121. The van der Waals surface area contributed by atoms with Crippen molar-refractivity contribution in [2.24, 2.45) is 0 Å². The van der Waals surface area contributed by atoms with E-state index in [0.29, 0.717) is 11.7 Å². The van der Waals surface area contributed by atoms with E-state index in [0.717, 1.165) is 30.9 Å². The topological polar surface area (TPSA) is 61.6 Å². The first-order valence-corrected chi connectivity index (χ1v) is 7.50. The fourth-order valence-corrected chi connectivity index (χ4v) is 2.62. The van der Waals surface area contributed by atoms with Gasteiger partial charge >= 0.3 is 0 Å². The van der Waals surface area contributed by atoms with Crippen LogP contribution in [0.4, 0.5) is 11.4 Å². The molecule has 1 heterocycles. The Morgan fingerprint density at radius 3 is 2.81 bits per heavy atom. The van der Waals surface area contributed by atoms with Crippen LogP contribution in [0.15, 0.2) is 18.2 Å². The molecule has 2 rings (SSSR count). The number of amides is 1. The molecule has 1 fully saturated rings. The number of carbonyl (C=O) groups is 1. The van der Waals surface area contributed by atoms with E-state index >= 15 is 0 Å². The molecule has 1 aromatic rings. The van der Waals surface area contributed by atoms with Gasteiger partial charge in [-0.15, -0.1) is 0 Å². The SMILES string of the molecule is Cc1c(N)cccc1NC(=O)C(C)N1CCN(C)C(C)C1. The van der Waals surface area contributed by atoms with E-state index in [-0.39, 0.29) is 11.9 Å². The van der Waals surface area contributed by atoms with Crippen molar-refractivity contribution in [3.63, 3.8) is 0 Å². The van der Waals surface area contributed by atoms with Crippen LogP contribution < -0.4 is 11.1 Å². The Morgan fingerprint density at radius 1 is 1.43 bits per heavy atom. The summed E-state index contributed by atoms with van der Waals surface area (Å²) in [7, 11) is 2.13. The second kappa shape index (κ2) is 6.45. The summed E-state index contributed by atoms with van der Waals surface area (Å²) in [6.45, 7) is 8.92.